The highest BCUT2D eigenvalue weighted by Crippen LogP contribution is 2.44. The summed E-state index contributed by atoms with van der Waals surface area (Å²) in [6.45, 7) is 5.59. The van der Waals surface area contributed by atoms with Crippen molar-refractivity contribution in [2.24, 2.45) is 0 Å². The number of likely N-dealkylation sites (N-methyl/N-ethyl adjacent to an activating group) is 2. The molecule has 3 N–H and O–H groups in total. The van der Waals surface area contributed by atoms with E-state index in [4.69, 9.17) is 11.6 Å². The molecular formula is C19H21ClN2O5. The first-order valence-corrected chi connectivity index (χ1v) is 8.85. The van der Waals surface area contributed by atoms with Crippen LogP contribution in [0.2, 0.25) is 5.02 Å². The molecule has 1 aliphatic heterocycles. The summed E-state index contributed by atoms with van der Waals surface area (Å²) < 4.78 is 0. The normalized spacial score (nSPS) is 17.2. The minimum atomic E-state index is -1.41. The molecule has 1 aromatic carbocycles. The van der Waals surface area contributed by atoms with Gasteiger partial charge in [0.25, 0.3) is 0 Å². The topological polar surface area (TPSA) is 107 Å². The minimum Gasteiger partial charge on any atom is -0.478 e. The molecule has 1 aliphatic rings. The molecule has 2 rings (SSSR count). The number of carboxylic acids is 2. The predicted octanol–water partition coefficient (Wildman–Crippen LogP) is 2.59. The van der Waals surface area contributed by atoms with Crippen LogP contribution < -0.4 is 5.32 Å². The quantitative estimate of drug-likeness (QED) is 0.687. The summed E-state index contributed by atoms with van der Waals surface area (Å²) >= 11 is 6.29. The van der Waals surface area contributed by atoms with Gasteiger partial charge in [-0.05, 0) is 32.4 Å². The monoisotopic (exact) mass is 392 g/mol. The molecule has 0 saturated carbocycles. The number of allylic oxidation sites excluding steroid dienone is 1. The average Bonchev–Trinajstić information content (AvgIpc) is 2.60. The number of benzene rings is 1. The summed E-state index contributed by atoms with van der Waals surface area (Å²) in [5, 5.41) is 22.5. The van der Waals surface area contributed by atoms with Crippen LogP contribution in [0.3, 0.4) is 0 Å². The Morgan fingerprint density at radius 3 is 2.22 bits per heavy atom. The van der Waals surface area contributed by atoms with Gasteiger partial charge in [-0.1, -0.05) is 29.8 Å². The molecule has 0 aromatic heterocycles. The molecule has 0 saturated heterocycles. The van der Waals surface area contributed by atoms with E-state index in [1.54, 1.807) is 45.0 Å². The van der Waals surface area contributed by atoms with Crippen molar-refractivity contribution in [2.45, 2.75) is 26.7 Å². The molecule has 0 spiro atoms. The second kappa shape index (κ2) is 8.26. The van der Waals surface area contributed by atoms with Crippen molar-refractivity contribution < 1.29 is 24.6 Å². The van der Waals surface area contributed by atoms with Gasteiger partial charge >= 0.3 is 11.9 Å². The number of aliphatic carboxylic acids is 2. The van der Waals surface area contributed by atoms with Gasteiger partial charge in [-0.15, -0.1) is 0 Å². The van der Waals surface area contributed by atoms with Crippen LogP contribution in [-0.4, -0.2) is 46.0 Å². The lowest BCUT2D eigenvalue weighted by Crippen LogP contribution is -2.40. The number of nitrogens with one attached hydrogen (secondary N) is 1. The highest BCUT2D eigenvalue weighted by atomic mass is 35.5. The first-order chi connectivity index (χ1) is 12.8. The van der Waals surface area contributed by atoms with Crippen LogP contribution in [0.1, 0.15) is 32.3 Å². The average molecular weight is 393 g/mol. The van der Waals surface area contributed by atoms with E-state index in [1.807, 2.05) is 0 Å². The maximum atomic E-state index is 12.8. The Morgan fingerprint density at radius 1 is 1.11 bits per heavy atom. The summed E-state index contributed by atoms with van der Waals surface area (Å²) in [6, 6.07) is 6.52. The van der Waals surface area contributed by atoms with Crippen LogP contribution in [0.25, 0.3) is 0 Å². The summed E-state index contributed by atoms with van der Waals surface area (Å²) in [5.74, 6) is -4.34. The lowest BCUT2D eigenvalue weighted by Gasteiger charge is -2.36. The van der Waals surface area contributed by atoms with Crippen LogP contribution in [-0.2, 0) is 14.4 Å². The lowest BCUT2D eigenvalue weighted by molar-refractivity contribution is -0.137. The molecule has 0 bridgehead atoms. The molecule has 0 fully saturated rings. The van der Waals surface area contributed by atoms with E-state index in [2.05, 4.69) is 5.32 Å². The van der Waals surface area contributed by atoms with Crippen LogP contribution in [0, 0.1) is 0 Å². The Balaban J connectivity index is 2.90. The zero-order valence-corrected chi connectivity index (χ0v) is 16.0. The minimum absolute atomic E-state index is 0.175. The van der Waals surface area contributed by atoms with Gasteiger partial charge in [0, 0.05) is 29.4 Å². The van der Waals surface area contributed by atoms with Crippen LogP contribution in [0.15, 0.2) is 46.8 Å². The third kappa shape index (κ3) is 3.68. The van der Waals surface area contributed by atoms with E-state index in [0.29, 0.717) is 17.8 Å². The summed E-state index contributed by atoms with van der Waals surface area (Å²) in [5.41, 5.74) is 0.182. The van der Waals surface area contributed by atoms with Crippen molar-refractivity contribution in [3.63, 3.8) is 0 Å². The number of nitrogens with zero attached hydrogens (tertiary/aromatic N) is 1. The number of hydrogen-bond acceptors (Lipinski definition) is 4. The first-order valence-electron chi connectivity index (χ1n) is 8.47. The summed E-state index contributed by atoms with van der Waals surface area (Å²) in [4.78, 5) is 38.2. The van der Waals surface area contributed by atoms with Crippen molar-refractivity contribution in [1.82, 2.24) is 10.2 Å². The maximum absolute atomic E-state index is 12.8. The summed E-state index contributed by atoms with van der Waals surface area (Å²) in [6.07, 6.45) is 0. The van der Waals surface area contributed by atoms with Gasteiger partial charge in [0.05, 0.1) is 11.5 Å². The molecule has 1 heterocycles. The van der Waals surface area contributed by atoms with Gasteiger partial charge < -0.3 is 20.4 Å². The van der Waals surface area contributed by atoms with Crippen LogP contribution in [0.5, 0.6) is 0 Å². The smallest absolute Gasteiger partial charge is 0.353 e. The molecule has 0 aliphatic carbocycles. The largest absolute Gasteiger partial charge is 0.478 e. The van der Waals surface area contributed by atoms with E-state index in [-0.39, 0.29) is 28.4 Å². The van der Waals surface area contributed by atoms with E-state index in [1.165, 1.54) is 4.90 Å². The first kappa shape index (κ1) is 20.5. The standard InChI is InChI=1S/C19H21ClN2O5/c1-4-21-17(23)13-10(3)22(5-2)16(19(26)27)15(18(24)25)14(13)11-8-6-7-9-12(11)20/h6-9,14H,4-5H2,1-3H3,(H,21,23)(H,24,25)(H,26,27). The number of rotatable bonds is 6. The van der Waals surface area contributed by atoms with E-state index in [9.17, 15) is 24.6 Å². The molecule has 1 unspecified atom stereocenters. The highest BCUT2D eigenvalue weighted by Gasteiger charge is 2.42. The van der Waals surface area contributed by atoms with Gasteiger partial charge in [-0.2, -0.15) is 0 Å². The van der Waals surface area contributed by atoms with E-state index < -0.39 is 23.8 Å². The number of hydrogen-bond donors (Lipinski definition) is 3. The van der Waals surface area contributed by atoms with E-state index in [0.717, 1.165) is 0 Å². The molecule has 8 heteroatoms. The number of carboxylic acid groups (broad SMARTS) is 2. The highest BCUT2D eigenvalue weighted by molar-refractivity contribution is 6.31. The molecule has 7 nitrogen and oxygen atoms in total. The number of carbonyl (C=O) groups is 3. The number of halogens is 1. The fourth-order valence-corrected chi connectivity index (χ4v) is 3.62. The molecule has 1 atom stereocenters. The van der Waals surface area contributed by atoms with Crippen molar-refractivity contribution >= 4 is 29.4 Å². The van der Waals surface area contributed by atoms with Gasteiger partial charge in [0.15, 0.2) is 0 Å². The van der Waals surface area contributed by atoms with Gasteiger partial charge in [-0.25, -0.2) is 9.59 Å². The fraction of sp³-hybridized carbons (Fsp3) is 0.316. The van der Waals surface area contributed by atoms with Crippen molar-refractivity contribution in [2.75, 3.05) is 13.1 Å². The Labute approximate surface area is 161 Å². The molecule has 1 amide bonds. The zero-order chi connectivity index (χ0) is 20.3. The second-order valence-electron chi connectivity index (χ2n) is 5.93. The molecule has 1 aromatic rings. The Hall–Kier alpha value is -2.80. The van der Waals surface area contributed by atoms with Gasteiger partial charge in [0.1, 0.15) is 5.70 Å². The van der Waals surface area contributed by atoms with Crippen LogP contribution >= 0.6 is 11.6 Å². The Bertz CT molecular complexity index is 859. The Kier molecular flexibility index (Phi) is 6.28. The fourth-order valence-electron chi connectivity index (χ4n) is 3.37. The predicted molar refractivity (Wildman–Crippen MR) is 100 cm³/mol. The third-order valence-corrected chi connectivity index (χ3v) is 4.79. The second-order valence-corrected chi connectivity index (χ2v) is 6.34. The van der Waals surface area contributed by atoms with Crippen molar-refractivity contribution in [3.05, 3.63) is 57.4 Å². The molecule has 144 valence electrons. The zero-order valence-electron chi connectivity index (χ0n) is 15.2. The molecule has 0 radical (unpaired) electrons. The van der Waals surface area contributed by atoms with Gasteiger partial charge in [-0.3, -0.25) is 4.79 Å². The van der Waals surface area contributed by atoms with E-state index >= 15 is 0 Å². The molecular weight excluding hydrogens is 372 g/mol. The van der Waals surface area contributed by atoms with Crippen LogP contribution in [0.4, 0.5) is 0 Å². The SMILES string of the molecule is CCNC(=O)C1=C(C)N(CC)C(C(=O)O)=C(C(=O)O)C1c1ccccc1Cl. The van der Waals surface area contributed by atoms with Crippen molar-refractivity contribution in [3.8, 4) is 0 Å². The third-order valence-electron chi connectivity index (χ3n) is 4.44. The number of carbonyl (C=O) groups excluding carboxylic acids is 1. The number of amides is 1. The van der Waals surface area contributed by atoms with Gasteiger partial charge in [0.2, 0.25) is 5.91 Å². The lowest BCUT2D eigenvalue weighted by atomic mass is 9.79. The molecule has 27 heavy (non-hydrogen) atoms. The Morgan fingerprint density at radius 2 is 1.74 bits per heavy atom. The maximum Gasteiger partial charge on any atom is 0.353 e. The van der Waals surface area contributed by atoms with Crippen molar-refractivity contribution in [1.29, 1.82) is 0 Å². The summed E-state index contributed by atoms with van der Waals surface area (Å²) in [7, 11) is 0.